The smallest absolute Gasteiger partial charge is 0.351 e. The van der Waals surface area contributed by atoms with E-state index in [0.717, 1.165) is 17.0 Å². The Hall–Kier alpha value is -2.72. The second-order valence-electron chi connectivity index (χ2n) is 5.78. The Morgan fingerprint density at radius 3 is 2.22 bits per heavy atom. The first-order valence-electron chi connectivity index (χ1n) is 7.68. The van der Waals surface area contributed by atoms with E-state index in [4.69, 9.17) is 0 Å². The van der Waals surface area contributed by atoms with Crippen LogP contribution in [0.2, 0.25) is 0 Å². The highest BCUT2D eigenvalue weighted by molar-refractivity contribution is 5.94. The number of hydrogen-bond acceptors (Lipinski definition) is 3. The maximum atomic E-state index is 13.5. The summed E-state index contributed by atoms with van der Waals surface area (Å²) in [5.74, 6) is -4.67. The minimum absolute atomic E-state index is 0.326. The predicted molar refractivity (Wildman–Crippen MR) is 84.6 cm³/mol. The molecule has 0 bridgehead atoms. The van der Waals surface area contributed by atoms with Crippen LogP contribution >= 0.6 is 0 Å². The predicted octanol–water partition coefficient (Wildman–Crippen LogP) is 1.56. The number of halogens is 5. The molecule has 0 aromatic heterocycles. The van der Waals surface area contributed by atoms with E-state index in [9.17, 15) is 36.3 Å². The molecule has 0 fully saturated rings. The van der Waals surface area contributed by atoms with Crippen LogP contribution in [-0.4, -0.2) is 67.4 Å². The molecular formula is C16H18F5N3O3. The fraction of sp³-hybridized carbons (Fsp3) is 0.438. The van der Waals surface area contributed by atoms with Gasteiger partial charge in [-0.25, -0.2) is 8.78 Å². The second kappa shape index (κ2) is 9.28. The van der Waals surface area contributed by atoms with Gasteiger partial charge in [0.05, 0.1) is 5.56 Å². The van der Waals surface area contributed by atoms with Gasteiger partial charge in [-0.3, -0.25) is 14.4 Å². The fourth-order valence-electron chi connectivity index (χ4n) is 1.96. The third kappa shape index (κ3) is 7.59. The number of amides is 3. The van der Waals surface area contributed by atoms with E-state index in [-0.39, 0.29) is 6.54 Å². The maximum absolute atomic E-state index is 13.5. The number of alkyl halides is 3. The van der Waals surface area contributed by atoms with Crippen LogP contribution in [0.25, 0.3) is 0 Å². The molecule has 1 rings (SSSR count). The van der Waals surface area contributed by atoms with Crippen molar-refractivity contribution in [2.24, 2.45) is 0 Å². The zero-order chi connectivity index (χ0) is 20.8. The highest BCUT2D eigenvalue weighted by Gasteiger charge is 2.34. The van der Waals surface area contributed by atoms with Gasteiger partial charge in [0.2, 0.25) is 11.8 Å². The van der Waals surface area contributed by atoms with Gasteiger partial charge in [-0.05, 0) is 12.1 Å². The average molecular weight is 395 g/mol. The largest absolute Gasteiger partial charge is 0.406 e. The lowest BCUT2D eigenvalue weighted by Crippen LogP contribution is -2.45. The molecule has 0 aliphatic rings. The summed E-state index contributed by atoms with van der Waals surface area (Å²) in [7, 11) is 2.66. The molecule has 0 radical (unpaired) electrons. The molecule has 150 valence electrons. The van der Waals surface area contributed by atoms with E-state index >= 15 is 0 Å². The number of hydrogen-bond donors (Lipinski definition) is 1. The highest BCUT2D eigenvalue weighted by atomic mass is 19.4. The van der Waals surface area contributed by atoms with Crippen LogP contribution in [0.15, 0.2) is 18.2 Å². The van der Waals surface area contributed by atoms with Crippen LogP contribution in [0, 0.1) is 11.6 Å². The monoisotopic (exact) mass is 395 g/mol. The Kier molecular flexibility index (Phi) is 7.68. The first-order valence-corrected chi connectivity index (χ1v) is 7.68. The standard InChI is InChI=1S/C16H18F5N3O3/c1-23(2)14(26)8-24(9-16(19,20)21)13(25)5-6-22-15(27)11-4-3-10(17)7-12(11)18/h3-4,7H,5-6,8-9H2,1-2H3,(H,22,27). The number of likely N-dealkylation sites (N-methyl/N-ethyl adjacent to an activating group) is 1. The van der Waals surface area contributed by atoms with Gasteiger partial charge in [0.25, 0.3) is 5.91 Å². The van der Waals surface area contributed by atoms with Crippen LogP contribution in [0.1, 0.15) is 16.8 Å². The van der Waals surface area contributed by atoms with Crippen LogP contribution in [0.4, 0.5) is 22.0 Å². The molecule has 0 aliphatic carbocycles. The molecule has 0 atom stereocenters. The quantitative estimate of drug-likeness (QED) is 0.713. The Morgan fingerprint density at radius 2 is 1.70 bits per heavy atom. The van der Waals surface area contributed by atoms with E-state index in [1.807, 2.05) is 0 Å². The molecule has 11 heteroatoms. The van der Waals surface area contributed by atoms with E-state index in [1.54, 1.807) is 0 Å². The number of nitrogens with one attached hydrogen (secondary N) is 1. The maximum Gasteiger partial charge on any atom is 0.406 e. The van der Waals surface area contributed by atoms with Gasteiger partial charge in [-0.1, -0.05) is 0 Å². The summed E-state index contributed by atoms with van der Waals surface area (Å²) in [5.41, 5.74) is -0.473. The normalized spacial score (nSPS) is 11.1. The van der Waals surface area contributed by atoms with Gasteiger partial charge in [0.1, 0.15) is 24.7 Å². The number of carbonyl (C=O) groups excluding carboxylic acids is 3. The molecule has 1 aromatic carbocycles. The van der Waals surface area contributed by atoms with Crippen molar-refractivity contribution in [1.29, 1.82) is 0 Å². The Labute approximate surface area is 151 Å². The van der Waals surface area contributed by atoms with Gasteiger partial charge in [0.15, 0.2) is 0 Å². The molecule has 0 unspecified atom stereocenters. The van der Waals surface area contributed by atoms with Gasteiger partial charge in [-0.15, -0.1) is 0 Å². The summed E-state index contributed by atoms with van der Waals surface area (Å²) >= 11 is 0. The molecule has 0 aliphatic heterocycles. The Bertz CT molecular complexity index is 707. The topological polar surface area (TPSA) is 69.7 Å². The molecular weight excluding hydrogens is 377 g/mol. The van der Waals surface area contributed by atoms with E-state index in [0.29, 0.717) is 11.0 Å². The zero-order valence-corrected chi connectivity index (χ0v) is 14.6. The second-order valence-corrected chi connectivity index (χ2v) is 5.78. The number of carbonyl (C=O) groups is 3. The van der Waals surface area contributed by atoms with Crippen molar-refractivity contribution >= 4 is 17.7 Å². The lowest BCUT2D eigenvalue weighted by Gasteiger charge is -2.25. The molecule has 1 aromatic rings. The Balaban J connectivity index is 2.67. The molecule has 1 N–H and O–H groups in total. The third-order valence-corrected chi connectivity index (χ3v) is 3.35. The van der Waals surface area contributed by atoms with Crippen molar-refractivity contribution in [3.05, 3.63) is 35.4 Å². The van der Waals surface area contributed by atoms with E-state index < -0.39 is 60.6 Å². The van der Waals surface area contributed by atoms with E-state index in [1.165, 1.54) is 14.1 Å². The highest BCUT2D eigenvalue weighted by Crippen LogP contribution is 2.17. The number of nitrogens with zero attached hydrogens (tertiary/aromatic N) is 2. The number of benzene rings is 1. The number of rotatable bonds is 7. The Morgan fingerprint density at radius 1 is 1.07 bits per heavy atom. The van der Waals surface area contributed by atoms with Crippen molar-refractivity contribution in [2.75, 3.05) is 33.7 Å². The van der Waals surface area contributed by atoms with E-state index in [2.05, 4.69) is 5.32 Å². The van der Waals surface area contributed by atoms with Crippen LogP contribution in [0.3, 0.4) is 0 Å². The lowest BCUT2D eigenvalue weighted by atomic mass is 10.2. The summed E-state index contributed by atoms with van der Waals surface area (Å²) in [4.78, 5) is 36.7. The van der Waals surface area contributed by atoms with Gasteiger partial charge < -0.3 is 15.1 Å². The minimum atomic E-state index is -4.71. The van der Waals surface area contributed by atoms with Gasteiger partial charge in [0, 0.05) is 33.1 Å². The first-order chi connectivity index (χ1) is 12.4. The van der Waals surface area contributed by atoms with Crippen molar-refractivity contribution < 1.29 is 36.3 Å². The molecule has 6 nitrogen and oxygen atoms in total. The minimum Gasteiger partial charge on any atom is -0.351 e. The van der Waals surface area contributed by atoms with Crippen LogP contribution in [-0.2, 0) is 9.59 Å². The third-order valence-electron chi connectivity index (χ3n) is 3.35. The van der Waals surface area contributed by atoms with Gasteiger partial charge in [-0.2, -0.15) is 13.2 Å². The van der Waals surface area contributed by atoms with Crippen molar-refractivity contribution in [3.8, 4) is 0 Å². The summed E-state index contributed by atoms with van der Waals surface area (Å²) in [6.45, 7) is -2.78. The molecule has 0 saturated heterocycles. The van der Waals surface area contributed by atoms with Gasteiger partial charge >= 0.3 is 6.18 Å². The molecule has 0 spiro atoms. The van der Waals surface area contributed by atoms with Crippen molar-refractivity contribution in [3.63, 3.8) is 0 Å². The summed E-state index contributed by atoms with van der Waals surface area (Å²) < 4.78 is 64.1. The average Bonchev–Trinajstić information content (AvgIpc) is 2.52. The lowest BCUT2D eigenvalue weighted by molar-refractivity contribution is -0.164. The van der Waals surface area contributed by atoms with Crippen molar-refractivity contribution in [1.82, 2.24) is 15.1 Å². The fourth-order valence-corrected chi connectivity index (χ4v) is 1.96. The molecule has 0 saturated carbocycles. The molecule has 3 amide bonds. The summed E-state index contributed by atoms with van der Waals surface area (Å²) in [6.07, 6.45) is -5.24. The van der Waals surface area contributed by atoms with Crippen LogP contribution in [0.5, 0.6) is 0 Å². The SMILES string of the molecule is CN(C)C(=O)CN(CC(F)(F)F)C(=O)CCNC(=O)c1ccc(F)cc1F. The first kappa shape index (κ1) is 22.3. The van der Waals surface area contributed by atoms with Crippen LogP contribution < -0.4 is 5.32 Å². The summed E-state index contributed by atoms with van der Waals surface area (Å²) in [5, 5.41) is 2.16. The molecule has 27 heavy (non-hydrogen) atoms. The van der Waals surface area contributed by atoms with Crippen molar-refractivity contribution in [2.45, 2.75) is 12.6 Å². The summed E-state index contributed by atoms with van der Waals surface area (Å²) in [6, 6.07) is 2.26. The molecule has 0 heterocycles. The zero-order valence-electron chi connectivity index (χ0n) is 14.6.